The molecule has 0 radical (unpaired) electrons. The predicted octanol–water partition coefficient (Wildman–Crippen LogP) is 0.199. The Kier molecular flexibility index (Phi) is 5.91. The Bertz CT molecular complexity index is 335. The number of sulfone groups is 1. The highest BCUT2D eigenvalue weighted by Crippen LogP contribution is 2.25. The molecule has 6 heteroatoms. The lowest BCUT2D eigenvalue weighted by atomic mass is 10.4. The van der Waals surface area contributed by atoms with Gasteiger partial charge in [0.2, 0.25) is 5.91 Å². The fraction of sp³-hybridized carbons (Fsp3) is 0.909. The Morgan fingerprint density at radius 1 is 1.29 bits per heavy atom. The van der Waals surface area contributed by atoms with Crippen LogP contribution in [-0.4, -0.2) is 38.4 Å². The summed E-state index contributed by atoms with van der Waals surface area (Å²) in [7, 11) is -3.07. The maximum Gasteiger partial charge on any atom is 0.221 e. The van der Waals surface area contributed by atoms with Crippen LogP contribution in [0.15, 0.2) is 0 Å². The van der Waals surface area contributed by atoms with Crippen LogP contribution in [0.25, 0.3) is 0 Å². The van der Waals surface area contributed by atoms with E-state index in [-0.39, 0.29) is 23.3 Å². The first-order valence-electron chi connectivity index (χ1n) is 6.24. The van der Waals surface area contributed by atoms with Crippen LogP contribution in [-0.2, 0) is 14.6 Å². The maximum atomic E-state index is 11.9. The molecular formula is C11H22N2O3S. The quantitative estimate of drug-likeness (QED) is 0.641. The van der Waals surface area contributed by atoms with Crippen molar-refractivity contribution in [1.82, 2.24) is 5.32 Å². The van der Waals surface area contributed by atoms with E-state index in [2.05, 4.69) is 5.32 Å². The molecule has 1 fully saturated rings. The Morgan fingerprint density at radius 3 is 2.53 bits per heavy atom. The van der Waals surface area contributed by atoms with Gasteiger partial charge in [0.05, 0.1) is 11.0 Å². The third-order valence-electron chi connectivity index (χ3n) is 3.13. The van der Waals surface area contributed by atoms with Crippen LogP contribution in [0, 0.1) is 0 Å². The van der Waals surface area contributed by atoms with Gasteiger partial charge in [0.15, 0.2) is 9.84 Å². The molecule has 0 unspecified atom stereocenters. The molecule has 100 valence electrons. The van der Waals surface area contributed by atoms with Crippen LogP contribution in [0.1, 0.15) is 38.5 Å². The smallest absolute Gasteiger partial charge is 0.221 e. The van der Waals surface area contributed by atoms with Crippen LogP contribution in [0.4, 0.5) is 0 Å². The van der Waals surface area contributed by atoms with Gasteiger partial charge in [-0.05, 0) is 25.8 Å². The number of carbonyl (C=O) groups is 1. The van der Waals surface area contributed by atoms with Crippen molar-refractivity contribution in [3.63, 3.8) is 0 Å². The van der Waals surface area contributed by atoms with Gasteiger partial charge < -0.3 is 11.1 Å². The number of hydrogen-bond acceptors (Lipinski definition) is 4. The van der Waals surface area contributed by atoms with Gasteiger partial charge in [-0.25, -0.2) is 8.42 Å². The lowest BCUT2D eigenvalue weighted by Crippen LogP contribution is -2.29. The average Bonchev–Trinajstić information content (AvgIpc) is 2.81. The minimum atomic E-state index is -3.07. The summed E-state index contributed by atoms with van der Waals surface area (Å²) in [5, 5.41) is 2.45. The molecule has 0 bridgehead atoms. The van der Waals surface area contributed by atoms with E-state index in [0.717, 1.165) is 32.1 Å². The molecule has 0 aliphatic heterocycles. The standard InChI is InChI=1S/C11H22N2O3S/c12-7-3-8-13-11(14)6-9-17(15,16)10-4-1-2-5-10/h10H,1-9,12H2,(H,13,14). The zero-order chi connectivity index (χ0) is 12.7. The van der Waals surface area contributed by atoms with Crippen LogP contribution >= 0.6 is 0 Å². The Hall–Kier alpha value is -0.620. The van der Waals surface area contributed by atoms with E-state index in [1.165, 1.54) is 0 Å². The van der Waals surface area contributed by atoms with Gasteiger partial charge in [-0.15, -0.1) is 0 Å². The summed E-state index contributed by atoms with van der Waals surface area (Å²) in [4.78, 5) is 11.4. The highest BCUT2D eigenvalue weighted by Gasteiger charge is 2.28. The van der Waals surface area contributed by atoms with Crippen molar-refractivity contribution in [2.45, 2.75) is 43.8 Å². The maximum absolute atomic E-state index is 11.9. The van der Waals surface area contributed by atoms with E-state index >= 15 is 0 Å². The van der Waals surface area contributed by atoms with E-state index in [4.69, 9.17) is 5.73 Å². The Labute approximate surface area is 103 Å². The van der Waals surface area contributed by atoms with E-state index in [9.17, 15) is 13.2 Å². The summed E-state index contributed by atoms with van der Waals surface area (Å²) in [6.45, 7) is 1.06. The number of rotatable bonds is 7. The molecule has 17 heavy (non-hydrogen) atoms. The molecule has 0 aromatic rings. The van der Waals surface area contributed by atoms with E-state index in [0.29, 0.717) is 13.1 Å². The number of nitrogens with two attached hydrogens (primary N) is 1. The van der Waals surface area contributed by atoms with Gasteiger partial charge in [0.25, 0.3) is 0 Å². The van der Waals surface area contributed by atoms with Crippen molar-refractivity contribution in [2.75, 3.05) is 18.8 Å². The second kappa shape index (κ2) is 6.96. The predicted molar refractivity (Wildman–Crippen MR) is 67.3 cm³/mol. The SMILES string of the molecule is NCCCNC(=O)CCS(=O)(=O)C1CCCC1. The fourth-order valence-corrected chi connectivity index (χ4v) is 3.92. The molecule has 1 amide bonds. The lowest BCUT2D eigenvalue weighted by molar-refractivity contribution is -0.120. The normalized spacial score (nSPS) is 17.2. The molecule has 1 aliphatic rings. The molecule has 3 N–H and O–H groups in total. The summed E-state index contributed by atoms with van der Waals surface area (Å²) in [6.07, 6.45) is 4.30. The third-order valence-corrected chi connectivity index (χ3v) is 5.39. The number of amides is 1. The molecule has 1 rings (SSSR count). The number of nitrogens with one attached hydrogen (secondary N) is 1. The average molecular weight is 262 g/mol. The van der Waals surface area contributed by atoms with Gasteiger partial charge in [0.1, 0.15) is 0 Å². The zero-order valence-electron chi connectivity index (χ0n) is 10.2. The molecule has 0 aromatic carbocycles. The third kappa shape index (κ3) is 5.04. The molecule has 0 atom stereocenters. The van der Waals surface area contributed by atoms with Crippen molar-refractivity contribution < 1.29 is 13.2 Å². The van der Waals surface area contributed by atoms with Gasteiger partial charge in [0, 0.05) is 13.0 Å². The van der Waals surface area contributed by atoms with E-state index < -0.39 is 9.84 Å². The van der Waals surface area contributed by atoms with Crippen molar-refractivity contribution in [2.24, 2.45) is 5.73 Å². The van der Waals surface area contributed by atoms with Crippen molar-refractivity contribution in [3.8, 4) is 0 Å². The summed E-state index contributed by atoms with van der Waals surface area (Å²) < 4.78 is 23.7. The van der Waals surface area contributed by atoms with Crippen molar-refractivity contribution in [1.29, 1.82) is 0 Å². The van der Waals surface area contributed by atoms with Crippen molar-refractivity contribution in [3.05, 3.63) is 0 Å². The first-order chi connectivity index (χ1) is 8.06. The topological polar surface area (TPSA) is 89.3 Å². The Balaban J connectivity index is 2.26. The van der Waals surface area contributed by atoms with Crippen molar-refractivity contribution >= 4 is 15.7 Å². The lowest BCUT2D eigenvalue weighted by Gasteiger charge is -2.10. The molecule has 0 saturated heterocycles. The van der Waals surface area contributed by atoms with Crippen LogP contribution in [0.2, 0.25) is 0 Å². The zero-order valence-corrected chi connectivity index (χ0v) is 11.0. The summed E-state index contributed by atoms with van der Waals surface area (Å²) in [5.41, 5.74) is 5.29. The fourth-order valence-electron chi connectivity index (χ4n) is 2.07. The molecule has 1 saturated carbocycles. The first kappa shape index (κ1) is 14.4. The monoisotopic (exact) mass is 262 g/mol. The number of hydrogen-bond donors (Lipinski definition) is 2. The molecule has 5 nitrogen and oxygen atoms in total. The summed E-state index contributed by atoms with van der Waals surface area (Å²) >= 11 is 0. The molecule has 0 spiro atoms. The first-order valence-corrected chi connectivity index (χ1v) is 7.96. The minimum absolute atomic E-state index is 0.0217. The molecule has 0 heterocycles. The van der Waals surface area contributed by atoms with Crippen LogP contribution in [0.5, 0.6) is 0 Å². The van der Waals surface area contributed by atoms with Crippen LogP contribution in [0.3, 0.4) is 0 Å². The van der Waals surface area contributed by atoms with Gasteiger partial charge in [-0.1, -0.05) is 12.8 Å². The second-order valence-electron chi connectivity index (χ2n) is 4.52. The summed E-state index contributed by atoms with van der Waals surface area (Å²) in [6, 6.07) is 0. The summed E-state index contributed by atoms with van der Waals surface area (Å²) in [5.74, 6) is -0.216. The van der Waals surface area contributed by atoms with Gasteiger partial charge in [-0.2, -0.15) is 0 Å². The molecular weight excluding hydrogens is 240 g/mol. The van der Waals surface area contributed by atoms with E-state index in [1.54, 1.807) is 0 Å². The minimum Gasteiger partial charge on any atom is -0.356 e. The van der Waals surface area contributed by atoms with Gasteiger partial charge >= 0.3 is 0 Å². The molecule has 1 aliphatic carbocycles. The van der Waals surface area contributed by atoms with E-state index in [1.807, 2.05) is 0 Å². The largest absolute Gasteiger partial charge is 0.356 e. The van der Waals surface area contributed by atoms with Crippen LogP contribution < -0.4 is 11.1 Å². The Morgan fingerprint density at radius 2 is 1.94 bits per heavy atom. The number of carbonyl (C=O) groups excluding carboxylic acids is 1. The highest BCUT2D eigenvalue weighted by molar-refractivity contribution is 7.92. The van der Waals surface area contributed by atoms with Gasteiger partial charge in [-0.3, -0.25) is 4.79 Å². The highest BCUT2D eigenvalue weighted by atomic mass is 32.2. The molecule has 0 aromatic heterocycles. The second-order valence-corrected chi connectivity index (χ2v) is 6.92.